The number of hydrogen-bond acceptors (Lipinski definition) is 3. The Morgan fingerprint density at radius 3 is 1.90 bits per heavy atom. The molecule has 2 amide bonds. The number of fused-ring (bicyclic) bond motifs is 1. The van der Waals surface area contributed by atoms with Crippen LogP contribution in [-0.2, 0) is 4.79 Å². The summed E-state index contributed by atoms with van der Waals surface area (Å²) in [5.41, 5.74) is 0.626. The van der Waals surface area contributed by atoms with E-state index in [-0.39, 0.29) is 23.0 Å². The Bertz CT molecular complexity index is 549. The second-order valence-electron chi connectivity index (χ2n) is 6.42. The minimum absolute atomic E-state index is 0.147. The molecule has 0 radical (unpaired) electrons. The third kappa shape index (κ3) is 2.50. The molecule has 0 saturated carbocycles. The first kappa shape index (κ1) is 14.4. The SMILES string of the molecule is CC(=O)C(CC(C)(C)C)N1C(=O)c2ccccc2C1=O. The van der Waals surface area contributed by atoms with Gasteiger partial charge in [-0.3, -0.25) is 19.3 Å². The van der Waals surface area contributed by atoms with E-state index in [1.807, 2.05) is 20.8 Å². The second kappa shape index (κ2) is 4.85. The Morgan fingerprint density at radius 2 is 1.55 bits per heavy atom. The van der Waals surface area contributed by atoms with Crippen molar-refractivity contribution in [1.29, 1.82) is 0 Å². The Kier molecular flexibility index (Phi) is 3.50. The van der Waals surface area contributed by atoms with Gasteiger partial charge in [-0.2, -0.15) is 0 Å². The lowest BCUT2D eigenvalue weighted by Crippen LogP contribution is -2.45. The molecule has 0 aromatic heterocycles. The highest BCUT2D eigenvalue weighted by atomic mass is 16.2. The monoisotopic (exact) mass is 273 g/mol. The number of benzene rings is 1. The number of rotatable bonds is 3. The zero-order valence-electron chi connectivity index (χ0n) is 12.3. The smallest absolute Gasteiger partial charge is 0.262 e. The lowest BCUT2D eigenvalue weighted by molar-refractivity contribution is -0.121. The molecule has 1 aliphatic heterocycles. The molecule has 0 aliphatic carbocycles. The average molecular weight is 273 g/mol. The number of Topliss-reactive ketones (excluding diaryl/α,β-unsaturated/α-hetero) is 1. The van der Waals surface area contributed by atoms with E-state index in [1.165, 1.54) is 6.92 Å². The maximum Gasteiger partial charge on any atom is 0.262 e. The lowest BCUT2D eigenvalue weighted by Gasteiger charge is -2.30. The van der Waals surface area contributed by atoms with Crippen molar-refractivity contribution in [2.24, 2.45) is 5.41 Å². The van der Waals surface area contributed by atoms with Crippen LogP contribution in [-0.4, -0.2) is 28.5 Å². The number of carbonyl (C=O) groups is 3. The largest absolute Gasteiger partial charge is 0.298 e. The van der Waals surface area contributed by atoms with Gasteiger partial charge >= 0.3 is 0 Å². The first-order valence-corrected chi connectivity index (χ1v) is 6.70. The van der Waals surface area contributed by atoms with Gasteiger partial charge in [-0.1, -0.05) is 32.9 Å². The van der Waals surface area contributed by atoms with Crippen LogP contribution in [0.1, 0.15) is 54.8 Å². The molecule has 0 bridgehead atoms. The fraction of sp³-hybridized carbons (Fsp3) is 0.438. The highest BCUT2D eigenvalue weighted by molar-refractivity contribution is 6.22. The van der Waals surface area contributed by atoms with Crippen molar-refractivity contribution >= 4 is 17.6 Å². The van der Waals surface area contributed by atoms with Crippen molar-refractivity contribution in [2.75, 3.05) is 0 Å². The predicted molar refractivity (Wildman–Crippen MR) is 75.5 cm³/mol. The summed E-state index contributed by atoms with van der Waals surface area (Å²) >= 11 is 0. The van der Waals surface area contributed by atoms with Gasteiger partial charge in [0.15, 0.2) is 5.78 Å². The molecule has 1 atom stereocenters. The Labute approximate surface area is 118 Å². The molecule has 4 nitrogen and oxygen atoms in total. The van der Waals surface area contributed by atoms with Crippen molar-refractivity contribution in [3.8, 4) is 0 Å². The molecule has 1 unspecified atom stereocenters. The molecule has 1 heterocycles. The molecule has 4 heteroatoms. The van der Waals surface area contributed by atoms with E-state index < -0.39 is 6.04 Å². The summed E-state index contributed by atoms with van der Waals surface area (Å²) in [5, 5.41) is 0. The molecule has 0 spiro atoms. The van der Waals surface area contributed by atoms with Crippen LogP contribution in [0, 0.1) is 5.41 Å². The summed E-state index contributed by atoms with van der Waals surface area (Å²) < 4.78 is 0. The van der Waals surface area contributed by atoms with Crippen LogP contribution in [0.15, 0.2) is 24.3 Å². The lowest BCUT2D eigenvalue weighted by atomic mass is 9.86. The summed E-state index contributed by atoms with van der Waals surface area (Å²) in [6, 6.07) is 6.01. The van der Waals surface area contributed by atoms with E-state index in [4.69, 9.17) is 0 Å². The number of hydrogen-bond donors (Lipinski definition) is 0. The normalized spacial score (nSPS) is 16.3. The summed E-state index contributed by atoms with van der Waals surface area (Å²) in [4.78, 5) is 37.8. The molecule has 0 N–H and O–H groups in total. The minimum Gasteiger partial charge on any atom is -0.298 e. The molecule has 1 aliphatic rings. The van der Waals surface area contributed by atoms with Gasteiger partial charge in [0.25, 0.3) is 11.8 Å². The molecule has 2 rings (SSSR count). The van der Waals surface area contributed by atoms with Crippen molar-refractivity contribution in [3.05, 3.63) is 35.4 Å². The maximum atomic E-state index is 12.4. The predicted octanol–water partition coefficient (Wildman–Crippen LogP) is 2.68. The van der Waals surface area contributed by atoms with Crippen LogP contribution < -0.4 is 0 Å². The Morgan fingerprint density at radius 1 is 1.10 bits per heavy atom. The van der Waals surface area contributed by atoms with Gasteiger partial charge in [-0.05, 0) is 30.9 Å². The van der Waals surface area contributed by atoms with Gasteiger partial charge in [0, 0.05) is 0 Å². The van der Waals surface area contributed by atoms with Crippen molar-refractivity contribution in [2.45, 2.75) is 40.2 Å². The first-order valence-electron chi connectivity index (χ1n) is 6.70. The first-order chi connectivity index (χ1) is 9.22. The molecule has 20 heavy (non-hydrogen) atoms. The van der Waals surface area contributed by atoms with Gasteiger partial charge in [-0.15, -0.1) is 0 Å². The Hall–Kier alpha value is -1.97. The number of amides is 2. The summed E-state index contributed by atoms with van der Waals surface area (Å²) in [7, 11) is 0. The van der Waals surface area contributed by atoms with Crippen molar-refractivity contribution in [1.82, 2.24) is 4.90 Å². The van der Waals surface area contributed by atoms with Gasteiger partial charge in [0.05, 0.1) is 17.2 Å². The van der Waals surface area contributed by atoms with Gasteiger partial charge in [0.1, 0.15) is 0 Å². The summed E-state index contributed by atoms with van der Waals surface area (Å²) in [5.74, 6) is -0.889. The Balaban J connectivity index is 2.40. The van der Waals surface area contributed by atoms with Crippen LogP contribution in [0.2, 0.25) is 0 Å². The summed E-state index contributed by atoms with van der Waals surface area (Å²) in [6.07, 6.45) is 0.466. The number of imide groups is 1. The average Bonchev–Trinajstić information content (AvgIpc) is 2.59. The minimum atomic E-state index is -0.692. The quantitative estimate of drug-likeness (QED) is 0.796. The zero-order valence-corrected chi connectivity index (χ0v) is 12.3. The highest BCUT2D eigenvalue weighted by Crippen LogP contribution is 2.30. The van der Waals surface area contributed by atoms with Crippen LogP contribution >= 0.6 is 0 Å². The highest BCUT2D eigenvalue weighted by Gasteiger charge is 2.42. The molecule has 0 saturated heterocycles. The fourth-order valence-electron chi connectivity index (χ4n) is 2.49. The molecule has 106 valence electrons. The molecular formula is C16H19NO3. The second-order valence-corrected chi connectivity index (χ2v) is 6.42. The van der Waals surface area contributed by atoms with Gasteiger partial charge < -0.3 is 0 Å². The van der Waals surface area contributed by atoms with Crippen LogP contribution in [0.25, 0.3) is 0 Å². The van der Waals surface area contributed by atoms with E-state index in [1.54, 1.807) is 24.3 Å². The molecular weight excluding hydrogens is 254 g/mol. The number of carbonyl (C=O) groups excluding carboxylic acids is 3. The zero-order chi connectivity index (χ0) is 15.1. The van der Waals surface area contributed by atoms with Gasteiger partial charge in [0.2, 0.25) is 0 Å². The third-order valence-electron chi connectivity index (χ3n) is 3.41. The van der Waals surface area contributed by atoms with E-state index in [9.17, 15) is 14.4 Å². The molecule has 1 aromatic carbocycles. The van der Waals surface area contributed by atoms with E-state index in [0.717, 1.165) is 4.90 Å². The maximum absolute atomic E-state index is 12.4. The molecule has 0 fully saturated rings. The van der Waals surface area contributed by atoms with E-state index in [2.05, 4.69) is 0 Å². The third-order valence-corrected chi connectivity index (χ3v) is 3.41. The van der Waals surface area contributed by atoms with E-state index in [0.29, 0.717) is 17.5 Å². The van der Waals surface area contributed by atoms with Crippen LogP contribution in [0.5, 0.6) is 0 Å². The number of ketones is 1. The van der Waals surface area contributed by atoms with Crippen molar-refractivity contribution in [3.63, 3.8) is 0 Å². The molecule has 1 aromatic rings. The van der Waals surface area contributed by atoms with Crippen molar-refractivity contribution < 1.29 is 14.4 Å². The topological polar surface area (TPSA) is 54.5 Å². The number of nitrogens with zero attached hydrogens (tertiary/aromatic N) is 1. The fourth-order valence-corrected chi connectivity index (χ4v) is 2.49. The van der Waals surface area contributed by atoms with E-state index >= 15 is 0 Å². The van der Waals surface area contributed by atoms with Crippen LogP contribution in [0.3, 0.4) is 0 Å². The standard InChI is InChI=1S/C16H19NO3/c1-10(18)13(9-16(2,3)4)17-14(19)11-7-5-6-8-12(11)15(17)20/h5-8,13H,9H2,1-4H3. The van der Waals surface area contributed by atoms with Crippen LogP contribution in [0.4, 0.5) is 0 Å². The summed E-state index contributed by atoms with van der Waals surface area (Å²) in [6.45, 7) is 7.39. The van der Waals surface area contributed by atoms with Gasteiger partial charge in [-0.25, -0.2) is 0 Å².